The third kappa shape index (κ3) is 4.09. The SMILES string of the molecule is Cc1coc(C)c1S(=O)(=O)NCc1ccc(O)c2c1C[C@H]1C[C@H]3[C@H](C(C)C)C(=O)C(C(N)=O)=C(O)[C@@]3(O)C(=O)C1=C2O. The van der Waals surface area contributed by atoms with Gasteiger partial charge in [-0.15, -0.1) is 0 Å². The number of nitrogens with two attached hydrogens (primary N) is 1. The van der Waals surface area contributed by atoms with Gasteiger partial charge >= 0.3 is 0 Å². The third-order valence-electron chi connectivity index (χ3n) is 8.76. The van der Waals surface area contributed by atoms with E-state index in [0.29, 0.717) is 16.7 Å². The molecule has 1 saturated carbocycles. The van der Waals surface area contributed by atoms with Crippen LogP contribution in [0.15, 0.2) is 44.6 Å². The van der Waals surface area contributed by atoms with Gasteiger partial charge in [-0.1, -0.05) is 19.9 Å². The van der Waals surface area contributed by atoms with E-state index in [-0.39, 0.29) is 46.9 Å². The lowest BCUT2D eigenvalue weighted by molar-refractivity contribution is -0.155. The van der Waals surface area contributed by atoms with Crippen molar-refractivity contribution in [3.63, 3.8) is 0 Å². The van der Waals surface area contributed by atoms with E-state index in [9.17, 15) is 43.2 Å². The molecule has 3 aliphatic rings. The number of aliphatic hydroxyl groups excluding tert-OH is 2. The number of primary amides is 1. The second-order valence-corrected chi connectivity index (χ2v) is 13.3. The first-order valence-electron chi connectivity index (χ1n) is 13.4. The molecule has 2 aromatic rings. The number of phenolic OH excluding ortho intramolecular Hbond substituents is 1. The largest absolute Gasteiger partial charge is 0.508 e. The molecule has 12 nitrogen and oxygen atoms in total. The van der Waals surface area contributed by atoms with Crippen LogP contribution in [0, 0.1) is 37.5 Å². The third-order valence-corrected chi connectivity index (χ3v) is 10.4. The minimum Gasteiger partial charge on any atom is -0.508 e. The average molecular weight is 601 g/mol. The fourth-order valence-electron chi connectivity index (χ4n) is 6.92. The van der Waals surface area contributed by atoms with Crippen LogP contribution < -0.4 is 10.5 Å². The number of carbonyl (C=O) groups excluding carboxylic acids is 3. The number of ketones is 2. The first-order valence-corrected chi connectivity index (χ1v) is 14.9. The number of sulfonamides is 1. The number of hydrogen-bond acceptors (Lipinski definition) is 10. The van der Waals surface area contributed by atoms with Crippen molar-refractivity contribution in [2.75, 3.05) is 0 Å². The quantitative estimate of drug-likeness (QED) is 0.265. The van der Waals surface area contributed by atoms with E-state index in [1.807, 2.05) is 0 Å². The van der Waals surface area contributed by atoms with Crippen molar-refractivity contribution in [3.8, 4) is 5.75 Å². The maximum atomic E-state index is 13.9. The van der Waals surface area contributed by atoms with Crippen LogP contribution in [0.2, 0.25) is 0 Å². The van der Waals surface area contributed by atoms with Crippen LogP contribution in [0.4, 0.5) is 0 Å². The van der Waals surface area contributed by atoms with Crippen LogP contribution >= 0.6 is 0 Å². The number of aliphatic hydroxyl groups is 3. The number of furan rings is 1. The molecule has 0 saturated heterocycles. The normalized spacial score (nSPS) is 25.9. The molecular weight excluding hydrogens is 568 g/mol. The number of rotatable bonds is 6. The van der Waals surface area contributed by atoms with Crippen molar-refractivity contribution in [3.05, 3.63) is 63.3 Å². The van der Waals surface area contributed by atoms with Crippen molar-refractivity contribution in [1.29, 1.82) is 0 Å². The number of Topliss-reactive ketones (excluding diaryl/α,β-unsaturated/α-hetero) is 2. The molecule has 3 aliphatic carbocycles. The Bertz CT molecular complexity index is 1710. The molecule has 1 aromatic heterocycles. The molecule has 1 amide bonds. The van der Waals surface area contributed by atoms with Gasteiger partial charge < -0.3 is 30.6 Å². The Morgan fingerprint density at radius 2 is 1.86 bits per heavy atom. The summed E-state index contributed by atoms with van der Waals surface area (Å²) in [6.45, 7) is 6.26. The number of nitrogens with one attached hydrogen (secondary N) is 1. The van der Waals surface area contributed by atoms with Crippen LogP contribution in [-0.2, 0) is 37.4 Å². The molecule has 0 spiro atoms. The lowest BCUT2D eigenvalue weighted by Crippen LogP contribution is -2.62. The molecule has 0 bridgehead atoms. The maximum Gasteiger partial charge on any atom is 0.255 e. The van der Waals surface area contributed by atoms with E-state index in [1.54, 1.807) is 20.8 Å². The minimum atomic E-state index is -4.00. The van der Waals surface area contributed by atoms with Gasteiger partial charge in [-0.25, -0.2) is 13.1 Å². The molecule has 13 heteroatoms. The summed E-state index contributed by atoms with van der Waals surface area (Å²) in [6.07, 6.45) is 1.34. The Morgan fingerprint density at radius 3 is 2.43 bits per heavy atom. The Morgan fingerprint density at radius 1 is 1.19 bits per heavy atom. The van der Waals surface area contributed by atoms with Gasteiger partial charge in [0.25, 0.3) is 5.91 Å². The molecular formula is C29H32N2O10S. The Balaban J connectivity index is 1.61. The highest BCUT2D eigenvalue weighted by atomic mass is 32.2. The molecule has 0 radical (unpaired) electrons. The zero-order valence-electron chi connectivity index (χ0n) is 23.4. The number of hydrogen-bond donors (Lipinski definition) is 6. The first-order chi connectivity index (χ1) is 19.5. The minimum absolute atomic E-state index is 0.00206. The van der Waals surface area contributed by atoms with Gasteiger partial charge in [0, 0.05) is 29.5 Å². The predicted octanol–water partition coefficient (Wildman–Crippen LogP) is 1.99. The molecule has 5 rings (SSSR count). The van der Waals surface area contributed by atoms with E-state index in [4.69, 9.17) is 10.2 Å². The lowest BCUT2D eigenvalue weighted by atomic mass is 9.54. The van der Waals surface area contributed by atoms with Gasteiger partial charge in [-0.3, -0.25) is 14.4 Å². The number of carbonyl (C=O) groups is 3. The molecule has 1 heterocycles. The van der Waals surface area contributed by atoms with Gasteiger partial charge in [0.1, 0.15) is 33.5 Å². The highest BCUT2D eigenvalue weighted by Gasteiger charge is 2.64. The number of benzene rings is 1. The molecule has 4 atom stereocenters. The van der Waals surface area contributed by atoms with E-state index in [1.165, 1.54) is 25.3 Å². The number of fused-ring (bicyclic) bond motifs is 3. The van der Waals surface area contributed by atoms with Crippen LogP contribution in [0.5, 0.6) is 5.75 Å². The molecule has 42 heavy (non-hydrogen) atoms. The highest BCUT2D eigenvalue weighted by Crippen LogP contribution is 2.54. The average Bonchev–Trinajstić information content (AvgIpc) is 3.23. The van der Waals surface area contributed by atoms with Crippen molar-refractivity contribution >= 4 is 33.3 Å². The van der Waals surface area contributed by atoms with Crippen LogP contribution in [-0.4, -0.2) is 51.9 Å². The van der Waals surface area contributed by atoms with E-state index in [2.05, 4.69) is 4.72 Å². The van der Waals surface area contributed by atoms with Crippen molar-refractivity contribution in [2.45, 2.75) is 57.6 Å². The second kappa shape index (κ2) is 9.82. The highest BCUT2D eigenvalue weighted by molar-refractivity contribution is 7.89. The van der Waals surface area contributed by atoms with Crippen molar-refractivity contribution in [2.24, 2.45) is 29.4 Å². The molecule has 1 fully saturated rings. The second-order valence-electron chi connectivity index (χ2n) is 11.5. The molecule has 7 N–H and O–H groups in total. The Labute approximate surface area is 241 Å². The standard InChI is InChI=1S/C29H32N2O10S/c1-11(2)19-17-8-15-7-16-14(9-31-42(39,40)25-12(3)10-41-13(25)4)5-6-18(32)21(16)24(34)20(15)26(35)29(17,38)27(36)22(23(19)33)28(30)37/h5-6,10-11,15,17,19,31-32,34,36,38H,7-9H2,1-4H3,(H2,30,37)/t15-,17-,19-,29-/m0/s1. The van der Waals surface area contributed by atoms with Gasteiger partial charge in [0.15, 0.2) is 11.4 Å². The summed E-state index contributed by atoms with van der Waals surface area (Å²) in [5.41, 5.74) is 2.63. The molecule has 224 valence electrons. The summed E-state index contributed by atoms with van der Waals surface area (Å²) in [5, 5.41) is 44.7. The van der Waals surface area contributed by atoms with Gasteiger partial charge in [0.05, 0.1) is 11.8 Å². The van der Waals surface area contributed by atoms with Crippen LogP contribution in [0.1, 0.15) is 48.3 Å². The predicted molar refractivity (Wildman–Crippen MR) is 147 cm³/mol. The molecule has 0 aliphatic heterocycles. The zero-order chi connectivity index (χ0) is 31.0. The van der Waals surface area contributed by atoms with Gasteiger partial charge in [0.2, 0.25) is 15.8 Å². The number of phenols is 1. The number of amides is 1. The number of aromatic hydroxyl groups is 1. The zero-order valence-corrected chi connectivity index (χ0v) is 24.2. The smallest absolute Gasteiger partial charge is 0.255 e. The summed E-state index contributed by atoms with van der Waals surface area (Å²) in [5.74, 6) is -8.53. The van der Waals surface area contributed by atoms with E-state index < -0.39 is 73.9 Å². The monoisotopic (exact) mass is 600 g/mol. The fraction of sp³-hybridized carbons (Fsp3) is 0.414. The van der Waals surface area contributed by atoms with Gasteiger partial charge in [-0.05, 0) is 55.7 Å². The van der Waals surface area contributed by atoms with Gasteiger partial charge in [-0.2, -0.15) is 0 Å². The van der Waals surface area contributed by atoms with Crippen molar-refractivity contribution < 1.29 is 47.6 Å². The summed E-state index contributed by atoms with van der Waals surface area (Å²) >= 11 is 0. The van der Waals surface area contributed by atoms with Crippen molar-refractivity contribution in [1.82, 2.24) is 4.72 Å². The Kier molecular flexibility index (Phi) is 6.91. The lowest BCUT2D eigenvalue weighted by Gasteiger charge is -2.50. The molecule has 0 unspecified atom stereocenters. The van der Waals surface area contributed by atoms with Crippen LogP contribution in [0.25, 0.3) is 5.76 Å². The summed E-state index contributed by atoms with van der Waals surface area (Å²) in [7, 11) is -4.00. The maximum absolute atomic E-state index is 13.9. The number of aryl methyl sites for hydroxylation is 2. The van der Waals surface area contributed by atoms with E-state index in [0.717, 1.165) is 0 Å². The molecule has 1 aromatic carbocycles. The Hall–Kier alpha value is -3.94. The first kappa shape index (κ1) is 29.5. The summed E-state index contributed by atoms with van der Waals surface area (Å²) < 4.78 is 33.9. The van der Waals surface area contributed by atoms with Crippen LogP contribution in [0.3, 0.4) is 0 Å². The van der Waals surface area contributed by atoms with E-state index >= 15 is 0 Å². The summed E-state index contributed by atoms with van der Waals surface area (Å²) in [4.78, 5) is 39.3. The summed E-state index contributed by atoms with van der Waals surface area (Å²) in [6, 6.07) is 2.75. The topological polar surface area (TPSA) is 217 Å². The fourth-order valence-corrected chi connectivity index (χ4v) is 8.31.